The molecule has 1 aromatic heterocycles. The number of hydrogen-bond acceptors (Lipinski definition) is 5. The number of para-hydroxylation sites is 2. The van der Waals surface area contributed by atoms with Crippen LogP contribution >= 0.6 is 0 Å². The number of nitrogens with one attached hydrogen (secondary N) is 2. The molecule has 0 saturated heterocycles. The molecule has 0 saturated carbocycles. The number of amides is 1. The third-order valence-corrected chi connectivity index (χ3v) is 5.04. The van der Waals surface area contributed by atoms with Gasteiger partial charge < -0.3 is 9.72 Å². The number of ether oxygens (including phenoxy) is 1. The van der Waals surface area contributed by atoms with Gasteiger partial charge in [0, 0.05) is 19.3 Å². The minimum absolute atomic E-state index is 0.111. The third-order valence-electron chi connectivity index (χ3n) is 5.04. The van der Waals surface area contributed by atoms with Crippen molar-refractivity contribution in [3.63, 3.8) is 0 Å². The molecule has 7 nitrogen and oxygen atoms in total. The van der Waals surface area contributed by atoms with Crippen LogP contribution in [0, 0.1) is 0 Å². The SMILES string of the molecule is O=C(CCc1nc2ccccc2[nH]c1=O)N/N=C/c1ccc(OCCc2ccccc2)cc1. The Labute approximate surface area is 191 Å². The maximum Gasteiger partial charge on any atom is 0.270 e. The van der Waals surface area contributed by atoms with Gasteiger partial charge in [0.05, 0.1) is 23.9 Å². The molecular formula is C26H24N4O3. The summed E-state index contributed by atoms with van der Waals surface area (Å²) in [7, 11) is 0. The van der Waals surface area contributed by atoms with Crippen LogP contribution < -0.4 is 15.7 Å². The lowest BCUT2D eigenvalue weighted by Gasteiger charge is -2.06. The predicted octanol–water partition coefficient (Wildman–Crippen LogP) is 3.63. The van der Waals surface area contributed by atoms with Crippen molar-refractivity contribution in [1.82, 2.24) is 15.4 Å². The minimum Gasteiger partial charge on any atom is -0.493 e. The van der Waals surface area contributed by atoms with Crippen molar-refractivity contribution in [2.24, 2.45) is 5.10 Å². The standard InChI is InChI=1S/C26H24N4O3/c31-25(15-14-24-26(32)29-23-9-5-4-8-22(23)28-24)30-27-18-20-10-12-21(13-11-20)33-17-16-19-6-2-1-3-7-19/h1-13,18H,14-17H2,(H,29,32)(H,30,31)/b27-18+. The van der Waals surface area contributed by atoms with Crippen molar-refractivity contribution in [2.45, 2.75) is 19.3 Å². The number of carbonyl (C=O) groups excluding carboxylic acids is 1. The molecule has 2 N–H and O–H groups in total. The lowest BCUT2D eigenvalue weighted by Crippen LogP contribution is -2.21. The number of carbonyl (C=O) groups is 1. The first-order chi connectivity index (χ1) is 16.2. The zero-order valence-electron chi connectivity index (χ0n) is 18.0. The summed E-state index contributed by atoms with van der Waals surface area (Å²) in [5, 5.41) is 3.99. The highest BCUT2D eigenvalue weighted by atomic mass is 16.5. The van der Waals surface area contributed by atoms with Gasteiger partial charge in [0.25, 0.3) is 5.56 Å². The Kier molecular flexibility index (Phi) is 7.22. The van der Waals surface area contributed by atoms with E-state index in [2.05, 4.69) is 32.6 Å². The fourth-order valence-corrected chi connectivity index (χ4v) is 3.29. The largest absolute Gasteiger partial charge is 0.493 e. The maximum atomic E-state index is 12.1. The highest BCUT2D eigenvalue weighted by molar-refractivity contribution is 5.82. The van der Waals surface area contributed by atoms with Crippen LogP contribution in [0.5, 0.6) is 5.75 Å². The second-order valence-corrected chi connectivity index (χ2v) is 7.48. The van der Waals surface area contributed by atoms with Gasteiger partial charge in [0.1, 0.15) is 11.4 Å². The average molecular weight is 441 g/mol. The van der Waals surface area contributed by atoms with Gasteiger partial charge in [-0.25, -0.2) is 10.4 Å². The molecule has 0 fully saturated rings. The summed E-state index contributed by atoms with van der Waals surface area (Å²) in [5.74, 6) is 0.488. The molecule has 0 aliphatic carbocycles. The zero-order valence-corrected chi connectivity index (χ0v) is 18.0. The summed E-state index contributed by atoms with van der Waals surface area (Å²) < 4.78 is 5.77. The Hall–Kier alpha value is -4.26. The summed E-state index contributed by atoms with van der Waals surface area (Å²) in [6.45, 7) is 0.600. The molecule has 7 heteroatoms. The molecule has 0 aliphatic rings. The monoisotopic (exact) mass is 440 g/mol. The molecule has 3 aromatic carbocycles. The number of aromatic nitrogens is 2. The summed E-state index contributed by atoms with van der Waals surface area (Å²) in [6.07, 6.45) is 2.75. The average Bonchev–Trinajstić information content (AvgIpc) is 2.84. The Morgan fingerprint density at radius 1 is 0.970 bits per heavy atom. The van der Waals surface area contributed by atoms with Gasteiger partial charge in [0.2, 0.25) is 5.91 Å². The fraction of sp³-hybridized carbons (Fsp3) is 0.154. The Morgan fingerprint density at radius 3 is 2.55 bits per heavy atom. The Balaban J connectivity index is 1.22. The number of aryl methyl sites for hydroxylation is 1. The van der Waals surface area contributed by atoms with Gasteiger partial charge >= 0.3 is 0 Å². The van der Waals surface area contributed by atoms with E-state index in [0.717, 1.165) is 17.7 Å². The Bertz CT molecular complexity index is 1300. The van der Waals surface area contributed by atoms with Crippen LogP contribution in [0.4, 0.5) is 0 Å². The van der Waals surface area contributed by atoms with Crippen molar-refractivity contribution in [3.8, 4) is 5.75 Å². The number of aromatic amines is 1. The third kappa shape index (κ3) is 6.36. The van der Waals surface area contributed by atoms with Gasteiger partial charge in [-0.3, -0.25) is 9.59 Å². The molecule has 0 radical (unpaired) electrons. The van der Waals surface area contributed by atoms with Crippen LogP contribution in [-0.4, -0.2) is 28.7 Å². The first-order valence-corrected chi connectivity index (χ1v) is 10.7. The van der Waals surface area contributed by atoms with Crippen molar-refractivity contribution >= 4 is 23.2 Å². The van der Waals surface area contributed by atoms with E-state index < -0.39 is 0 Å². The summed E-state index contributed by atoms with van der Waals surface area (Å²) in [5.41, 5.74) is 5.96. The van der Waals surface area contributed by atoms with E-state index >= 15 is 0 Å². The van der Waals surface area contributed by atoms with E-state index in [1.807, 2.05) is 60.7 Å². The molecule has 0 unspecified atom stereocenters. The van der Waals surface area contributed by atoms with Crippen LogP contribution in [0.3, 0.4) is 0 Å². The van der Waals surface area contributed by atoms with E-state index in [1.54, 1.807) is 12.3 Å². The van der Waals surface area contributed by atoms with Crippen molar-refractivity contribution in [2.75, 3.05) is 6.61 Å². The molecule has 1 heterocycles. The number of hydrogen-bond donors (Lipinski definition) is 2. The highest BCUT2D eigenvalue weighted by Crippen LogP contribution is 2.12. The number of H-pyrrole nitrogens is 1. The molecule has 0 atom stereocenters. The lowest BCUT2D eigenvalue weighted by atomic mass is 10.2. The lowest BCUT2D eigenvalue weighted by molar-refractivity contribution is -0.121. The molecule has 4 aromatic rings. The molecule has 1 amide bonds. The molecule has 4 rings (SSSR count). The zero-order chi connectivity index (χ0) is 22.9. The van der Waals surface area contributed by atoms with Crippen LogP contribution in [0.1, 0.15) is 23.2 Å². The smallest absolute Gasteiger partial charge is 0.270 e. The first-order valence-electron chi connectivity index (χ1n) is 10.7. The van der Waals surface area contributed by atoms with Crippen LogP contribution in [0.25, 0.3) is 11.0 Å². The number of benzene rings is 3. The van der Waals surface area contributed by atoms with Crippen molar-refractivity contribution < 1.29 is 9.53 Å². The molecule has 0 spiro atoms. The minimum atomic E-state index is -0.290. The topological polar surface area (TPSA) is 96.4 Å². The number of hydrazone groups is 1. The molecule has 33 heavy (non-hydrogen) atoms. The molecule has 0 bridgehead atoms. The van der Waals surface area contributed by atoms with E-state index in [0.29, 0.717) is 23.3 Å². The second kappa shape index (κ2) is 10.9. The predicted molar refractivity (Wildman–Crippen MR) is 129 cm³/mol. The first kappa shape index (κ1) is 22.0. The van der Waals surface area contributed by atoms with Gasteiger partial charge in [0.15, 0.2) is 0 Å². The van der Waals surface area contributed by atoms with E-state index in [4.69, 9.17) is 4.74 Å². The van der Waals surface area contributed by atoms with Gasteiger partial charge in [-0.05, 0) is 47.5 Å². The fourth-order valence-electron chi connectivity index (χ4n) is 3.29. The Morgan fingerprint density at radius 2 is 1.73 bits per heavy atom. The van der Waals surface area contributed by atoms with Crippen molar-refractivity contribution in [3.05, 3.63) is 106 Å². The van der Waals surface area contributed by atoms with Crippen LogP contribution in [-0.2, 0) is 17.6 Å². The quantitative estimate of drug-likeness (QED) is 0.307. The summed E-state index contributed by atoms with van der Waals surface area (Å²) >= 11 is 0. The summed E-state index contributed by atoms with van der Waals surface area (Å²) in [4.78, 5) is 31.3. The molecule has 0 aliphatic heterocycles. The summed E-state index contributed by atoms with van der Waals surface area (Å²) in [6, 6.07) is 24.9. The van der Waals surface area contributed by atoms with Crippen LogP contribution in [0.15, 0.2) is 88.8 Å². The van der Waals surface area contributed by atoms with E-state index in [-0.39, 0.29) is 24.3 Å². The van der Waals surface area contributed by atoms with Crippen LogP contribution in [0.2, 0.25) is 0 Å². The number of fused-ring (bicyclic) bond motifs is 1. The molecular weight excluding hydrogens is 416 g/mol. The van der Waals surface area contributed by atoms with E-state index in [1.165, 1.54) is 5.56 Å². The van der Waals surface area contributed by atoms with Gasteiger partial charge in [-0.2, -0.15) is 5.10 Å². The maximum absolute atomic E-state index is 12.1. The normalized spacial score (nSPS) is 11.0. The van der Waals surface area contributed by atoms with Gasteiger partial charge in [-0.15, -0.1) is 0 Å². The van der Waals surface area contributed by atoms with E-state index in [9.17, 15) is 9.59 Å². The second-order valence-electron chi connectivity index (χ2n) is 7.48. The van der Waals surface area contributed by atoms with Crippen molar-refractivity contribution in [1.29, 1.82) is 0 Å². The van der Waals surface area contributed by atoms with Gasteiger partial charge in [-0.1, -0.05) is 42.5 Å². The number of rotatable bonds is 9. The molecule has 166 valence electrons. The number of nitrogens with zero attached hydrogens (tertiary/aromatic N) is 2. The highest BCUT2D eigenvalue weighted by Gasteiger charge is 2.07.